The van der Waals surface area contributed by atoms with Crippen LogP contribution in [0.5, 0.6) is 0 Å². The molecule has 74 valence electrons. The van der Waals surface area contributed by atoms with Crippen molar-refractivity contribution in [1.29, 1.82) is 0 Å². The molecule has 2 fully saturated rings. The molecule has 1 aliphatic carbocycles. The van der Waals surface area contributed by atoms with Crippen molar-refractivity contribution in [2.75, 3.05) is 6.54 Å². The fourth-order valence-electron chi connectivity index (χ4n) is 2.38. The largest absolute Gasteiger partial charge is 0.336 e. The van der Waals surface area contributed by atoms with Gasteiger partial charge in [0.15, 0.2) is 0 Å². The van der Waals surface area contributed by atoms with Crippen molar-refractivity contribution in [1.82, 2.24) is 4.90 Å². The van der Waals surface area contributed by atoms with Crippen LogP contribution in [0.4, 0.5) is 0 Å². The van der Waals surface area contributed by atoms with Crippen molar-refractivity contribution in [3.05, 3.63) is 0 Å². The van der Waals surface area contributed by atoms with E-state index >= 15 is 0 Å². The topological polar surface area (TPSA) is 46.3 Å². The highest BCUT2D eigenvalue weighted by molar-refractivity contribution is 5.87. The van der Waals surface area contributed by atoms with Crippen LogP contribution in [0.25, 0.3) is 0 Å². The minimum Gasteiger partial charge on any atom is -0.336 e. The Morgan fingerprint density at radius 2 is 1.77 bits per heavy atom. The summed E-state index contributed by atoms with van der Waals surface area (Å²) < 4.78 is 0. The third kappa shape index (κ3) is 1.70. The lowest BCUT2D eigenvalue weighted by atomic mass is 10.00. The van der Waals surface area contributed by atoms with Gasteiger partial charge in [0.1, 0.15) is 6.04 Å². The van der Waals surface area contributed by atoms with Crippen LogP contribution >= 0.6 is 0 Å². The maximum atomic E-state index is 11.4. The highest BCUT2D eigenvalue weighted by Gasteiger charge is 2.37. The molecular formula is C10H18N2O. The van der Waals surface area contributed by atoms with Gasteiger partial charge in [-0.15, -0.1) is 0 Å². The Morgan fingerprint density at radius 1 is 1.15 bits per heavy atom. The van der Waals surface area contributed by atoms with Crippen LogP contribution in [0.1, 0.15) is 38.5 Å². The smallest absolute Gasteiger partial charge is 0.241 e. The third-order valence-electron chi connectivity index (χ3n) is 3.26. The van der Waals surface area contributed by atoms with E-state index in [0.717, 1.165) is 6.54 Å². The van der Waals surface area contributed by atoms with E-state index in [4.69, 9.17) is 5.73 Å². The molecule has 0 aromatic heterocycles. The summed E-state index contributed by atoms with van der Waals surface area (Å²) in [6.45, 7) is 0.795. The third-order valence-corrected chi connectivity index (χ3v) is 3.26. The first kappa shape index (κ1) is 9.00. The second-order valence-corrected chi connectivity index (χ2v) is 4.24. The number of amides is 1. The zero-order valence-corrected chi connectivity index (χ0v) is 8.04. The number of carbonyl (C=O) groups is 1. The minimum atomic E-state index is -0.191. The molecule has 1 unspecified atom stereocenters. The van der Waals surface area contributed by atoms with Crippen LogP contribution in [0.3, 0.4) is 0 Å². The number of hydrogen-bond donors (Lipinski definition) is 1. The van der Waals surface area contributed by atoms with Crippen molar-refractivity contribution in [3.63, 3.8) is 0 Å². The van der Waals surface area contributed by atoms with Gasteiger partial charge in [-0.3, -0.25) is 4.79 Å². The summed E-state index contributed by atoms with van der Waals surface area (Å²) in [4.78, 5) is 13.4. The Hall–Kier alpha value is -0.570. The van der Waals surface area contributed by atoms with Crippen molar-refractivity contribution in [3.8, 4) is 0 Å². The average Bonchev–Trinajstić information content (AvgIpc) is 2.41. The van der Waals surface area contributed by atoms with Crippen LogP contribution < -0.4 is 5.73 Å². The lowest BCUT2D eigenvalue weighted by molar-refractivity contribution is -0.146. The Kier molecular flexibility index (Phi) is 2.54. The summed E-state index contributed by atoms with van der Waals surface area (Å²) in [5.41, 5.74) is 5.57. The van der Waals surface area contributed by atoms with Crippen LogP contribution in [-0.4, -0.2) is 29.4 Å². The summed E-state index contributed by atoms with van der Waals surface area (Å²) in [5, 5.41) is 0. The van der Waals surface area contributed by atoms with E-state index in [1.165, 1.54) is 38.5 Å². The molecule has 1 heterocycles. The number of nitrogens with two attached hydrogens (primary N) is 1. The van der Waals surface area contributed by atoms with Gasteiger partial charge in [-0.25, -0.2) is 0 Å². The first-order valence-electron chi connectivity index (χ1n) is 5.35. The van der Waals surface area contributed by atoms with Gasteiger partial charge >= 0.3 is 0 Å². The number of nitrogens with zero attached hydrogens (tertiary/aromatic N) is 1. The molecule has 0 radical (unpaired) electrons. The SMILES string of the molecule is NC1CN(C2CCCCCC2)C1=O. The molecule has 0 bridgehead atoms. The molecule has 3 heteroatoms. The molecule has 2 N–H and O–H groups in total. The molecule has 1 aliphatic heterocycles. The molecule has 1 saturated carbocycles. The minimum absolute atomic E-state index is 0.173. The van der Waals surface area contributed by atoms with Crippen molar-refractivity contribution < 1.29 is 4.79 Å². The van der Waals surface area contributed by atoms with Crippen LogP contribution in [-0.2, 0) is 4.79 Å². The highest BCUT2D eigenvalue weighted by Crippen LogP contribution is 2.25. The fourth-order valence-corrected chi connectivity index (χ4v) is 2.38. The Bertz CT molecular complexity index is 197. The lowest BCUT2D eigenvalue weighted by Crippen LogP contribution is -2.64. The van der Waals surface area contributed by atoms with E-state index in [9.17, 15) is 4.79 Å². The molecule has 0 spiro atoms. The van der Waals surface area contributed by atoms with Crippen molar-refractivity contribution >= 4 is 5.91 Å². The second-order valence-electron chi connectivity index (χ2n) is 4.24. The zero-order chi connectivity index (χ0) is 9.26. The number of β-lactam (4-membered cyclic amide) rings is 1. The maximum absolute atomic E-state index is 11.4. The normalized spacial score (nSPS) is 31.3. The Balaban J connectivity index is 1.89. The number of hydrogen-bond acceptors (Lipinski definition) is 2. The molecular weight excluding hydrogens is 164 g/mol. The Morgan fingerprint density at radius 3 is 2.23 bits per heavy atom. The summed E-state index contributed by atoms with van der Waals surface area (Å²) in [6.07, 6.45) is 7.62. The highest BCUT2D eigenvalue weighted by atomic mass is 16.2. The van der Waals surface area contributed by atoms with Crippen LogP contribution in [0.2, 0.25) is 0 Å². The van der Waals surface area contributed by atoms with Gasteiger partial charge in [-0.2, -0.15) is 0 Å². The summed E-state index contributed by atoms with van der Waals surface area (Å²) in [6, 6.07) is 0.318. The Labute approximate surface area is 79.3 Å². The average molecular weight is 182 g/mol. The van der Waals surface area contributed by atoms with Crippen LogP contribution in [0, 0.1) is 0 Å². The molecule has 1 amide bonds. The van der Waals surface area contributed by atoms with Gasteiger partial charge < -0.3 is 10.6 Å². The molecule has 13 heavy (non-hydrogen) atoms. The monoisotopic (exact) mass is 182 g/mol. The van der Waals surface area contributed by atoms with Gasteiger partial charge in [-0.05, 0) is 12.8 Å². The van der Waals surface area contributed by atoms with Gasteiger partial charge in [0.05, 0.1) is 0 Å². The van der Waals surface area contributed by atoms with E-state index in [-0.39, 0.29) is 11.9 Å². The van der Waals surface area contributed by atoms with Gasteiger partial charge in [0.2, 0.25) is 5.91 Å². The summed E-state index contributed by atoms with van der Waals surface area (Å²) in [7, 11) is 0. The van der Waals surface area contributed by atoms with Gasteiger partial charge in [0, 0.05) is 12.6 Å². The molecule has 2 aliphatic rings. The number of likely N-dealkylation sites (tertiary alicyclic amines) is 1. The number of carbonyl (C=O) groups excluding carboxylic acids is 1. The maximum Gasteiger partial charge on any atom is 0.241 e. The predicted octanol–water partition coefficient (Wildman–Crippen LogP) is 0.879. The molecule has 3 nitrogen and oxygen atoms in total. The van der Waals surface area contributed by atoms with E-state index in [1.54, 1.807) is 0 Å². The number of rotatable bonds is 1. The summed E-state index contributed by atoms with van der Waals surface area (Å²) >= 11 is 0. The van der Waals surface area contributed by atoms with Crippen molar-refractivity contribution in [2.24, 2.45) is 5.73 Å². The van der Waals surface area contributed by atoms with E-state index in [2.05, 4.69) is 0 Å². The second kappa shape index (κ2) is 3.66. The lowest BCUT2D eigenvalue weighted by Gasteiger charge is -2.42. The van der Waals surface area contributed by atoms with E-state index < -0.39 is 0 Å². The van der Waals surface area contributed by atoms with E-state index in [0.29, 0.717) is 6.04 Å². The van der Waals surface area contributed by atoms with Crippen molar-refractivity contribution in [2.45, 2.75) is 50.6 Å². The van der Waals surface area contributed by atoms with Crippen LogP contribution in [0.15, 0.2) is 0 Å². The summed E-state index contributed by atoms with van der Waals surface area (Å²) in [5.74, 6) is 0.173. The zero-order valence-electron chi connectivity index (χ0n) is 8.04. The molecule has 0 aromatic carbocycles. The first-order valence-corrected chi connectivity index (χ1v) is 5.35. The first-order chi connectivity index (χ1) is 6.29. The quantitative estimate of drug-likeness (QED) is 0.483. The predicted molar refractivity (Wildman–Crippen MR) is 51.2 cm³/mol. The molecule has 2 rings (SSSR count). The molecule has 1 saturated heterocycles. The molecule has 1 atom stereocenters. The van der Waals surface area contributed by atoms with Gasteiger partial charge in [0.25, 0.3) is 0 Å². The molecule has 0 aromatic rings. The standard InChI is InChI=1S/C10H18N2O/c11-9-7-12(10(9)13)8-5-3-1-2-4-6-8/h8-9H,1-7,11H2. The fraction of sp³-hybridized carbons (Fsp3) is 0.900. The van der Waals surface area contributed by atoms with E-state index in [1.807, 2.05) is 4.90 Å². The van der Waals surface area contributed by atoms with Gasteiger partial charge in [-0.1, -0.05) is 25.7 Å².